The lowest BCUT2D eigenvalue weighted by Crippen LogP contribution is -2.22. The lowest BCUT2D eigenvalue weighted by molar-refractivity contribution is 0.757. The lowest BCUT2D eigenvalue weighted by Gasteiger charge is -2.07. The van der Waals surface area contributed by atoms with E-state index in [4.69, 9.17) is 0 Å². The van der Waals surface area contributed by atoms with E-state index in [1.807, 2.05) is 48.5 Å². The monoisotopic (exact) mass is 354 g/mol. The maximum absolute atomic E-state index is 12.9. The molecule has 0 aliphatic heterocycles. The molecule has 0 radical (unpaired) electrons. The first kappa shape index (κ1) is 15.4. The van der Waals surface area contributed by atoms with Gasteiger partial charge in [-0.1, -0.05) is 36.4 Å². The summed E-state index contributed by atoms with van der Waals surface area (Å²) in [6.45, 7) is 0.427. The van der Waals surface area contributed by atoms with Crippen LogP contribution in [0.25, 0.3) is 27.8 Å². The molecule has 5 rings (SSSR count). The molecular formula is C20H14N6O. The minimum Gasteiger partial charge on any atom is -0.309 e. The Kier molecular flexibility index (Phi) is 3.50. The van der Waals surface area contributed by atoms with Crippen molar-refractivity contribution in [2.24, 2.45) is 0 Å². The van der Waals surface area contributed by atoms with Crippen molar-refractivity contribution in [2.45, 2.75) is 6.54 Å². The van der Waals surface area contributed by atoms with Gasteiger partial charge in [0.25, 0.3) is 5.56 Å². The molecule has 5 aromatic rings. The summed E-state index contributed by atoms with van der Waals surface area (Å²) in [7, 11) is 0. The van der Waals surface area contributed by atoms with Crippen LogP contribution in [0.1, 0.15) is 5.56 Å². The van der Waals surface area contributed by atoms with Gasteiger partial charge >= 0.3 is 0 Å². The van der Waals surface area contributed by atoms with Gasteiger partial charge in [-0.3, -0.25) is 9.78 Å². The molecule has 0 fully saturated rings. The van der Waals surface area contributed by atoms with Crippen LogP contribution in [0.3, 0.4) is 0 Å². The largest absolute Gasteiger partial charge is 0.309 e. The van der Waals surface area contributed by atoms with Crippen LogP contribution < -0.4 is 5.56 Å². The van der Waals surface area contributed by atoms with E-state index in [-0.39, 0.29) is 11.1 Å². The highest BCUT2D eigenvalue weighted by Gasteiger charge is 2.14. The van der Waals surface area contributed by atoms with Crippen molar-refractivity contribution in [2.75, 3.05) is 0 Å². The molecule has 27 heavy (non-hydrogen) atoms. The Labute approximate surface area is 153 Å². The Morgan fingerprint density at radius 3 is 2.63 bits per heavy atom. The molecule has 0 spiro atoms. The van der Waals surface area contributed by atoms with Crippen LogP contribution in [0.2, 0.25) is 0 Å². The van der Waals surface area contributed by atoms with Gasteiger partial charge in [0.05, 0.1) is 12.7 Å². The fraction of sp³-hybridized carbons (Fsp3) is 0.0500. The van der Waals surface area contributed by atoms with Gasteiger partial charge in [-0.05, 0) is 23.3 Å². The minimum absolute atomic E-state index is 0.206. The second kappa shape index (κ2) is 6.14. The number of hydrogen-bond donors (Lipinski definition) is 0. The van der Waals surface area contributed by atoms with Crippen molar-refractivity contribution < 1.29 is 0 Å². The van der Waals surface area contributed by atoms with Crippen LogP contribution in [-0.2, 0) is 6.54 Å². The molecule has 1 aromatic carbocycles. The van der Waals surface area contributed by atoms with Crippen LogP contribution in [0.15, 0.2) is 78.1 Å². The molecule has 4 heterocycles. The zero-order chi connectivity index (χ0) is 18.2. The average Bonchev–Trinajstić information content (AvgIpc) is 3.16. The summed E-state index contributed by atoms with van der Waals surface area (Å²) in [5, 5.41) is 12.9. The van der Waals surface area contributed by atoms with Gasteiger partial charge < -0.3 is 4.57 Å². The summed E-state index contributed by atoms with van der Waals surface area (Å²) < 4.78 is 3.27. The Bertz CT molecular complexity index is 1310. The molecule has 0 bridgehead atoms. The maximum Gasteiger partial charge on any atom is 0.280 e. The second-order valence-electron chi connectivity index (χ2n) is 6.20. The molecule has 130 valence electrons. The van der Waals surface area contributed by atoms with Gasteiger partial charge in [-0.2, -0.15) is 5.10 Å². The molecule has 4 aromatic heterocycles. The van der Waals surface area contributed by atoms with Gasteiger partial charge in [0.15, 0.2) is 11.2 Å². The molecule has 0 saturated carbocycles. The van der Waals surface area contributed by atoms with E-state index in [1.54, 1.807) is 33.9 Å². The van der Waals surface area contributed by atoms with E-state index in [0.29, 0.717) is 17.7 Å². The van der Waals surface area contributed by atoms with Crippen molar-refractivity contribution >= 4 is 16.7 Å². The quantitative estimate of drug-likeness (QED) is 0.498. The van der Waals surface area contributed by atoms with Gasteiger partial charge in [-0.25, -0.2) is 4.52 Å². The highest BCUT2D eigenvalue weighted by Crippen LogP contribution is 2.23. The summed E-state index contributed by atoms with van der Waals surface area (Å²) in [6, 6.07) is 15.5. The highest BCUT2D eigenvalue weighted by molar-refractivity contribution is 5.82. The van der Waals surface area contributed by atoms with Crippen LogP contribution >= 0.6 is 0 Å². The zero-order valence-electron chi connectivity index (χ0n) is 14.2. The van der Waals surface area contributed by atoms with Crippen molar-refractivity contribution in [1.29, 1.82) is 0 Å². The van der Waals surface area contributed by atoms with Crippen LogP contribution in [0.4, 0.5) is 0 Å². The van der Waals surface area contributed by atoms with E-state index >= 15 is 0 Å². The summed E-state index contributed by atoms with van der Waals surface area (Å²) in [6.07, 6.45) is 6.95. The molecule has 0 aliphatic carbocycles. The predicted octanol–water partition coefficient (Wildman–Crippen LogP) is 2.55. The van der Waals surface area contributed by atoms with Gasteiger partial charge in [0.2, 0.25) is 0 Å². The number of fused-ring (bicyclic) bond motifs is 3. The number of nitrogens with zero attached hydrogens (tertiary/aromatic N) is 6. The fourth-order valence-electron chi connectivity index (χ4n) is 3.16. The van der Waals surface area contributed by atoms with Crippen LogP contribution in [0, 0.1) is 0 Å². The van der Waals surface area contributed by atoms with Crippen molar-refractivity contribution in [1.82, 2.24) is 29.4 Å². The van der Waals surface area contributed by atoms with E-state index in [9.17, 15) is 4.79 Å². The molecule has 7 nitrogen and oxygen atoms in total. The Morgan fingerprint density at radius 2 is 1.81 bits per heavy atom. The van der Waals surface area contributed by atoms with Gasteiger partial charge in [0.1, 0.15) is 5.52 Å². The van der Waals surface area contributed by atoms with Crippen LogP contribution in [0.5, 0.6) is 0 Å². The van der Waals surface area contributed by atoms with Gasteiger partial charge in [0, 0.05) is 24.2 Å². The topological polar surface area (TPSA) is 78.0 Å². The Morgan fingerprint density at radius 1 is 0.926 bits per heavy atom. The molecule has 7 heteroatoms. The molecule has 0 amide bonds. The number of rotatable bonds is 3. The van der Waals surface area contributed by atoms with E-state index in [1.165, 1.54) is 0 Å². The van der Waals surface area contributed by atoms with E-state index in [0.717, 1.165) is 16.7 Å². The molecule has 0 N–H and O–H groups in total. The lowest BCUT2D eigenvalue weighted by atomic mass is 10.1. The minimum atomic E-state index is -0.206. The van der Waals surface area contributed by atoms with Crippen LogP contribution in [-0.4, -0.2) is 29.4 Å². The highest BCUT2D eigenvalue weighted by atomic mass is 16.1. The first-order valence-electron chi connectivity index (χ1n) is 8.49. The Balaban J connectivity index is 1.66. The summed E-state index contributed by atoms with van der Waals surface area (Å²) in [4.78, 5) is 16.9. The average molecular weight is 354 g/mol. The normalized spacial score (nSPS) is 11.3. The number of benzene rings is 1. The molecule has 0 saturated heterocycles. The first-order valence-corrected chi connectivity index (χ1v) is 8.49. The SMILES string of the molecule is O=c1c2nnc3c(-c4ccccc4)cnn3c2ccn1Cc1cccnc1. The second-order valence-corrected chi connectivity index (χ2v) is 6.20. The summed E-state index contributed by atoms with van der Waals surface area (Å²) in [5.41, 5.74) is 4.17. The third-order valence-corrected chi connectivity index (χ3v) is 4.50. The van der Waals surface area contributed by atoms with Crippen molar-refractivity contribution in [3.8, 4) is 11.1 Å². The number of pyridine rings is 2. The van der Waals surface area contributed by atoms with E-state index < -0.39 is 0 Å². The van der Waals surface area contributed by atoms with Crippen molar-refractivity contribution in [3.05, 3.63) is 89.2 Å². The standard InChI is InChI=1S/C20H14N6O/c27-20-18-17(8-10-25(20)13-14-5-4-9-21-11-14)26-19(24-23-18)16(12-22-26)15-6-2-1-3-7-15/h1-12H,13H2. The molecule has 0 aliphatic rings. The smallest absolute Gasteiger partial charge is 0.280 e. The Hall–Kier alpha value is -3.87. The third-order valence-electron chi connectivity index (χ3n) is 4.50. The van der Waals surface area contributed by atoms with Crippen molar-refractivity contribution in [3.63, 3.8) is 0 Å². The predicted molar refractivity (Wildman–Crippen MR) is 101 cm³/mol. The van der Waals surface area contributed by atoms with Gasteiger partial charge in [-0.15, -0.1) is 10.2 Å². The summed E-state index contributed by atoms with van der Waals surface area (Å²) in [5.74, 6) is 0. The van der Waals surface area contributed by atoms with E-state index in [2.05, 4.69) is 20.3 Å². The number of aromatic nitrogens is 6. The molecular weight excluding hydrogens is 340 g/mol. The molecule has 0 atom stereocenters. The number of hydrogen-bond acceptors (Lipinski definition) is 5. The third kappa shape index (κ3) is 2.56. The first-order chi connectivity index (χ1) is 13.3. The fourth-order valence-corrected chi connectivity index (χ4v) is 3.16. The zero-order valence-corrected chi connectivity index (χ0v) is 14.2. The maximum atomic E-state index is 12.9. The summed E-state index contributed by atoms with van der Waals surface area (Å²) >= 11 is 0. The molecule has 0 unspecified atom stereocenters.